The van der Waals surface area contributed by atoms with E-state index in [1.165, 1.54) is 10.8 Å². The maximum Gasteiger partial charge on any atom is 0.330 e. The number of aliphatic hydroxyl groups excluding tert-OH is 1. The van der Waals surface area contributed by atoms with Crippen LogP contribution < -0.4 is 11.2 Å². The van der Waals surface area contributed by atoms with Gasteiger partial charge in [-0.1, -0.05) is 5.11 Å². The van der Waals surface area contributed by atoms with Crippen LogP contribution in [0.4, 0.5) is 0 Å². The molecule has 1 aliphatic rings. The molecule has 0 bridgehead atoms. The van der Waals surface area contributed by atoms with Crippen LogP contribution in [0.1, 0.15) is 18.2 Å². The summed E-state index contributed by atoms with van der Waals surface area (Å²) in [5, 5.41) is 12.7. The van der Waals surface area contributed by atoms with Crippen molar-refractivity contribution in [1.29, 1.82) is 0 Å². The van der Waals surface area contributed by atoms with Gasteiger partial charge in [-0.05, 0) is 12.5 Å². The minimum Gasteiger partial charge on any atom is -0.394 e. The molecule has 1 aliphatic heterocycles. The van der Waals surface area contributed by atoms with Crippen LogP contribution in [0.25, 0.3) is 10.4 Å². The third-order valence-corrected chi connectivity index (χ3v) is 3.04. The van der Waals surface area contributed by atoms with E-state index in [0.29, 0.717) is 5.56 Å². The number of nitrogens with one attached hydrogen (secondary N) is 1. The highest BCUT2D eigenvalue weighted by Gasteiger charge is 2.35. The second kappa shape index (κ2) is 5.27. The van der Waals surface area contributed by atoms with E-state index in [-0.39, 0.29) is 13.0 Å². The highest BCUT2D eigenvalue weighted by atomic mass is 16.5. The molecule has 0 radical (unpaired) electrons. The van der Waals surface area contributed by atoms with Crippen LogP contribution in [0.2, 0.25) is 0 Å². The van der Waals surface area contributed by atoms with E-state index < -0.39 is 29.6 Å². The van der Waals surface area contributed by atoms with Crippen molar-refractivity contribution in [2.24, 2.45) is 5.11 Å². The van der Waals surface area contributed by atoms with Gasteiger partial charge in [0.05, 0.1) is 18.8 Å². The average molecular weight is 267 g/mol. The van der Waals surface area contributed by atoms with E-state index in [0.717, 1.165) is 0 Å². The Labute approximate surface area is 107 Å². The van der Waals surface area contributed by atoms with Gasteiger partial charge in [0.25, 0.3) is 5.56 Å². The first-order valence-corrected chi connectivity index (χ1v) is 5.69. The van der Waals surface area contributed by atoms with Crippen molar-refractivity contribution >= 4 is 0 Å². The van der Waals surface area contributed by atoms with E-state index in [1.54, 1.807) is 6.92 Å². The molecule has 0 amide bonds. The molecule has 9 heteroatoms. The number of azide groups is 1. The number of nitrogens with zero attached hydrogens (tertiary/aromatic N) is 4. The van der Waals surface area contributed by atoms with Gasteiger partial charge in [0, 0.05) is 23.1 Å². The van der Waals surface area contributed by atoms with Crippen molar-refractivity contribution in [3.63, 3.8) is 0 Å². The normalized spacial score (nSPS) is 26.1. The summed E-state index contributed by atoms with van der Waals surface area (Å²) in [6.45, 7) is 1.26. The first-order valence-electron chi connectivity index (χ1n) is 5.69. The first-order chi connectivity index (χ1) is 9.06. The van der Waals surface area contributed by atoms with Gasteiger partial charge in [-0.15, -0.1) is 0 Å². The number of hydrogen-bond acceptors (Lipinski definition) is 5. The fourth-order valence-electron chi connectivity index (χ4n) is 2.04. The number of ether oxygens (including phenoxy) is 1. The van der Waals surface area contributed by atoms with Gasteiger partial charge in [-0.25, -0.2) is 4.79 Å². The predicted octanol–water partition coefficient (Wildman–Crippen LogP) is -0.196. The smallest absolute Gasteiger partial charge is 0.330 e. The van der Waals surface area contributed by atoms with Gasteiger partial charge in [0.2, 0.25) is 0 Å². The third kappa shape index (κ3) is 2.53. The van der Waals surface area contributed by atoms with Crippen LogP contribution in [0.3, 0.4) is 0 Å². The Bertz CT molecular complexity index is 630. The molecule has 19 heavy (non-hydrogen) atoms. The Kier molecular flexibility index (Phi) is 3.70. The predicted molar refractivity (Wildman–Crippen MR) is 64.6 cm³/mol. The molecule has 2 rings (SSSR count). The lowest BCUT2D eigenvalue weighted by molar-refractivity contribution is -0.0271. The van der Waals surface area contributed by atoms with E-state index in [9.17, 15) is 9.59 Å². The second-order valence-corrected chi connectivity index (χ2v) is 4.30. The van der Waals surface area contributed by atoms with Crippen molar-refractivity contribution in [3.05, 3.63) is 43.0 Å². The zero-order chi connectivity index (χ0) is 14.0. The summed E-state index contributed by atoms with van der Waals surface area (Å²) in [6, 6.07) is -0.542. The summed E-state index contributed by atoms with van der Waals surface area (Å²) in [7, 11) is 0. The highest BCUT2D eigenvalue weighted by Crippen LogP contribution is 2.29. The lowest BCUT2D eigenvalue weighted by atomic mass is 10.1. The van der Waals surface area contributed by atoms with E-state index in [2.05, 4.69) is 15.0 Å². The molecular formula is C10H13N5O4. The van der Waals surface area contributed by atoms with Crippen LogP contribution in [-0.4, -0.2) is 33.4 Å². The van der Waals surface area contributed by atoms with Crippen LogP contribution >= 0.6 is 0 Å². The van der Waals surface area contributed by atoms with E-state index in [4.69, 9.17) is 15.4 Å². The SMILES string of the molecule is Cc1cn([C@@H]2CC(N=[N+]=[N-])[C@@H](CO)O2)c(=O)[nH]c1=O. The number of hydrogen-bond donors (Lipinski definition) is 2. The molecule has 1 aromatic heterocycles. The van der Waals surface area contributed by atoms with Crippen LogP contribution in [0, 0.1) is 6.92 Å². The van der Waals surface area contributed by atoms with Crippen molar-refractivity contribution in [2.75, 3.05) is 6.61 Å². The van der Waals surface area contributed by atoms with Crippen molar-refractivity contribution in [1.82, 2.24) is 9.55 Å². The Morgan fingerprint density at radius 3 is 3.05 bits per heavy atom. The first kappa shape index (κ1) is 13.3. The third-order valence-electron chi connectivity index (χ3n) is 3.04. The summed E-state index contributed by atoms with van der Waals surface area (Å²) in [4.78, 5) is 27.8. The Hall–Kier alpha value is -2.09. The maximum atomic E-state index is 11.7. The molecule has 0 saturated carbocycles. The Balaban J connectivity index is 2.34. The minimum atomic E-state index is -0.671. The summed E-state index contributed by atoms with van der Waals surface area (Å²) >= 11 is 0. The lowest BCUT2D eigenvalue weighted by Gasteiger charge is -2.14. The fraction of sp³-hybridized carbons (Fsp3) is 0.600. The molecule has 2 N–H and O–H groups in total. The number of aliphatic hydroxyl groups is 1. The molecule has 3 atom stereocenters. The fourth-order valence-corrected chi connectivity index (χ4v) is 2.04. The summed E-state index contributed by atoms with van der Waals surface area (Å²) in [5.74, 6) is 0. The molecule has 1 fully saturated rings. The molecule has 1 aromatic rings. The molecule has 2 heterocycles. The van der Waals surface area contributed by atoms with Gasteiger partial charge in [-0.2, -0.15) is 0 Å². The molecule has 1 saturated heterocycles. The Morgan fingerprint density at radius 2 is 2.42 bits per heavy atom. The standard InChI is InChI=1S/C10H13N5O4/c1-5-3-15(10(18)12-9(5)17)8-2-6(13-14-11)7(4-16)19-8/h3,6-8,16H,2,4H2,1H3,(H,12,17,18)/t6?,7-,8+/m1/s1. The van der Waals surface area contributed by atoms with Gasteiger partial charge in [0.15, 0.2) is 0 Å². The summed E-state index contributed by atoms with van der Waals surface area (Å²) in [5.41, 5.74) is 7.76. The zero-order valence-electron chi connectivity index (χ0n) is 10.2. The zero-order valence-corrected chi connectivity index (χ0v) is 10.2. The van der Waals surface area contributed by atoms with Gasteiger partial charge in [0.1, 0.15) is 6.23 Å². The topological polar surface area (TPSA) is 133 Å². The minimum absolute atomic E-state index is 0.265. The average Bonchev–Trinajstić information content (AvgIpc) is 2.77. The number of aromatic amines is 1. The van der Waals surface area contributed by atoms with Gasteiger partial charge >= 0.3 is 5.69 Å². The van der Waals surface area contributed by atoms with Crippen molar-refractivity contribution in [2.45, 2.75) is 31.7 Å². The van der Waals surface area contributed by atoms with Crippen molar-refractivity contribution < 1.29 is 9.84 Å². The van der Waals surface area contributed by atoms with Crippen LogP contribution in [0.5, 0.6) is 0 Å². The van der Waals surface area contributed by atoms with E-state index in [1.807, 2.05) is 0 Å². The Morgan fingerprint density at radius 1 is 1.68 bits per heavy atom. The molecule has 0 aromatic carbocycles. The largest absolute Gasteiger partial charge is 0.394 e. The quantitative estimate of drug-likeness (QED) is 0.445. The highest BCUT2D eigenvalue weighted by molar-refractivity contribution is 5.02. The number of H-pyrrole nitrogens is 1. The van der Waals surface area contributed by atoms with Gasteiger partial charge < -0.3 is 9.84 Å². The second-order valence-electron chi connectivity index (χ2n) is 4.30. The van der Waals surface area contributed by atoms with Gasteiger partial charge in [-0.3, -0.25) is 14.3 Å². The molecule has 102 valence electrons. The molecule has 0 aliphatic carbocycles. The molecular weight excluding hydrogens is 254 g/mol. The van der Waals surface area contributed by atoms with E-state index >= 15 is 0 Å². The number of aryl methyl sites for hydroxylation is 1. The molecule has 9 nitrogen and oxygen atoms in total. The van der Waals surface area contributed by atoms with Crippen LogP contribution in [-0.2, 0) is 4.74 Å². The maximum absolute atomic E-state index is 11.7. The number of rotatable bonds is 3. The monoisotopic (exact) mass is 267 g/mol. The summed E-state index contributed by atoms with van der Waals surface area (Å²) in [6.07, 6.45) is 0.329. The van der Waals surface area contributed by atoms with Crippen LogP contribution in [0.15, 0.2) is 20.9 Å². The van der Waals surface area contributed by atoms with Crippen molar-refractivity contribution in [3.8, 4) is 0 Å². The number of aromatic nitrogens is 2. The molecule has 0 spiro atoms. The lowest BCUT2D eigenvalue weighted by Crippen LogP contribution is -2.33. The molecule has 1 unspecified atom stereocenters. The summed E-state index contributed by atoms with van der Waals surface area (Å²) < 4.78 is 6.69.